The molecule has 1 heterocycles. The first-order valence-corrected chi connectivity index (χ1v) is 8.51. The largest absolute Gasteiger partial charge is 0.335 e. The molecule has 0 bridgehead atoms. The summed E-state index contributed by atoms with van der Waals surface area (Å²) in [5.41, 5.74) is 3.47. The van der Waals surface area contributed by atoms with Gasteiger partial charge in [-0.3, -0.25) is 0 Å². The molecule has 0 radical (unpaired) electrons. The maximum Gasteiger partial charge on any atom is 0.318 e. The molecule has 1 aliphatic heterocycles. The number of hydrogen-bond donors (Lipinski definition) is 1. The van der Waals surface area contributed by atoms with Crippen LogP contribution in [0.2, 0.25) is 5.02 Å². The molecule has 1 fully saturated rings. The van der Waals surface area contributed by atoms with Crippen LogP contribution >= 0.6 is 11.6 Å². The fourth-order valence-electron chi connectivity index (χ4n) is 3.30. The van der Waals surface area contributed by atoms with Crippen LogP contribution in [0.15, 0.2) is 48.5 Å². The maximum atomic E-state index is 12.7. The van der Waals surface area contributed by atoms with Crippen LogP contribution in [0.1, 0.15) is 35.6 Å². The molecule has 4 heteroatoms. The van der Waals surface area contributed by atoms with Crippen molar-refractivity contribution in [1.82, 2.24) is 10.2 Å². The maximum absolute atomic E-state index is 12.7. The molecule has 2 aliphatic rings. The lowest BCUT2D eigenvalue weighted by atomic mass is 9.88. The van der Waals surface area contributed by atoms with Gasteiger partial charge in [0, 0.05) is 17.6 Å². The fraction of sp³-hybridized carbons (Fsp3) is 0.316. The molecule has 1 unspecified atom stereocenters. The van der Waals surface area contributed by atoms with E-state index >= 15 is 0 Å². The van der Waals surface area contributed by atoms with Gasteiger partial charge in [0.15, 0.2) is 0 Å². The number of benzene rings is 2. The minimum Gasteiger partial charge on any atom is -0.335 e. The van der Waals surface area contributed by atoms with Crippen LogP contribution in [-0.2, 0) is 6.42 Å². The van der Waals surface area contributed by atoms with Crippen LogP contribution in [0.25, 0.3) is 0 Å². The van der Waals surface area contributed by atoms with E-state index in [1.807, 2.05) is 35.2 Å². The van der Waals surface area contributed by atoms with Crippen LogP contribution in [0.3, 0.4) is 0 Å². The van der Waals surface area contributed by atoms with Crippen LogP contribution in [-0.4, -0.2) is 23.5 Å². The predicted molar refractivity (Wildman–Crippen MR) is 91.7 cm³/mol. The van der Waals surface area contributed by atoms with Crippen LogP contribution < -0.4 is 5.32 Å². The van der Waals surface area contributed by atoms with Gasteiger partial charge in [0.25, 0.3) is 0 Å². The van der Waals surface area contributed by atoms with E-state index in [1.165, 1.54) is 11.1 Å². The Morgan fingerprint density at radius 3 is 2.48 bits per heavy atom. The summed E-state index contributed by atoms with van der Waals surface area (Å²) < 4.78 is 0. The Labute approximate surface area is 141 Å². The van der Waals surface area contributed by atoms with Crippen LogP contribution in [0.4, 0.5) is 4.79 Å². The van der Waals surface area contributed by atoms with Crippen molar-refractivity contribution in [3.8, 4) is 0 Å². The van der Waals surface area contributed by atoms with Gasteiger partial charge in [-0.15, -0.1) is 0 Å². The third-order valence-corrected chi connectivity index (χ3v) is 4.99. The molecule has 2 amide bonds. The van der Waals surface area contributed by atoms with Crippen molar-refractivity contribution >= 4 is 17.6 Å². The number of fused-ring (bicyclic) bond motifs is 1. The van der Waals surface area contributed by atoms with Crippen LogP contribution in [0, 0.1) is 0 Å². The van der Waals surface area contributed by atoms with Crippen molar-refractivity contribution in [1.29, 1.82) is 0 Å². The standard InChI is InChI=1S/C19H19ClN2O/c20-17-8-4-3-7-16(17)18-15-6-2-1-5-13(15)11-12-22(18)19(23)21-14-9-10-14/h1-8,14,18H,9-12H2,(H,21,23). The Balaban J connectivity index is 1.77. The lowest BCUT2D eigenvalue weighted by molar-refractivity contribution is 0.179. The topological polar surface area (TPSA) is 32.3 Å². The van der Waals surface area contributed by atoms with E-state index in [2.05, 4.69) is 23.5 Å². The summed E-state index contributed by atoms with van der Waals surface area (Å²) in [6, 6.07) is 16.4. The lowest BCUT2D eigenvalue weighted by Gasteiger charge is -2.38. The molecule has 3 nitrogen and oxygen atoms in total. The highest BCUT2D eigenvalue weighted by atomic mass is 35.5. The third-order valence-electron chi connectivity index (χ3n) is 4.65. The van der Waals surface area contributed by atoms with Gasteiger partial charge in [-0.2, -0.15) is 0 Å². The minimum absolute atomic E-state index is 0.0203. The smallest absolute Gasteiger partial charge is 0.318 e. The fourth-order valence-corrected chi connectivity index (χ4v) is 3.54. The molecule has 2 aromatic rings. The Morgan fingerprint density at radius 1 is 1.04 bits per heavy atom. The van der Waals surface area contributed by atoms with E-state index in [4.69, 9.17) is 11.6 Å². The summed E-state index contributed by atoms with van der Waals surface area (Å²) in [4.78, 5) is 14.7. The van der Waals surface area contributed by atoms with Gasteiger partial charge in [0.2, 0.25) is 0 Å². The molecule has 23 heavy (non-hydrogen) atoms. The van der Waals surface area contributed by atoms with Gasteiger partial charge >= 0.3 is 6.03 Å². The van der Waals surface area contributed by atoms with E-state index in [-0.39, 0.29) is 12.1 Å². The summed E-state index contributed by atoms with van der Waals surface area (Å²) in [6.45, 7) is 0.714. The van der Waals surface area contributed by atoms with Gasteiger partial charge in [0.05, 0.1) is 6.04 Å². The zero-order valence-corrected chi connectivity index (χ0v) is 13.6. The summed E-state index contributed by atoms with van der Waals surface area (Å²) in [6.07, 6.45) is 3.06. The molecule has 1 N–H and O–H groups in total. The number of carbonyl (C=O) groups is 1. The van der Waals surface area contributed by atoms with Crippen molar-refractivity contribution in [2.75, 3.05) is 6.54 Å². The molecule has 1 atom stereocenters. The van der Waals surface area contributed by atoms with E-state index in [9.17, 15) is 4.79 Å². The first kappa shape index (κ1) is 14.6. The van der Waals surface area contributed by atoms with Gasteiger partial charge in [-0.05, 0) is 42.0 Å². The lowest BCUT2D eigenvalue weighted by Crippen LogP contribution is -2.46. The molecular formula is C19H19ClN2O. The Hall–Kier alpha value is -2.00. The summed E-state index contributed by atoms with van der Waals surface area (Å²) in [7, 11) is 0. The Morgan fingerprint density at radius 2 is 1.74 bits per heavy atom. The molecule has 1 saturated carbocycles. The number of halogens is 1. The summed E-state index contributed by atoms with van der Waals surface area (Å²) in [5, 5.41) is 3.82. The predicted octanol–water partition coefficient (Wildman–Crippen LogP) is 4.16. The van der Waals surface area contributed by atoms with Crippen LogP contribution in [0.5, 0.6) is 0 Å². The van der Waals surface area contributed by atoms with Crippen molar-refractivity contribution in [2.24, 2.45) is 0 Å². The first-order chi connectivity index (χ1) is 11.2. The Kier molecular flexibility index (Phi) is 3.74. The van der Waals surface area contributed by atoms with Gasteiger partial charge in [0.1, 0.15) is 0 Å². The Bertz CT molecular complexity index is 742. The first-order valence-electron chi connectivity index (χ1n) is 8.13. The number of carbonyl (C=O) groups excluding carboxylic acids is 1. The molecular weight excluding hydrogens is 308 g/mol. The average molecular weight is 327 g/mol. The minimum atomic E-state index is -0.118. The van der Waals surface area contributed by atoms with Crippen molar-refractivity contribution in [2.45, 2.75) is 31.3 Å². The van der Waals surface area contributed by atoms with Crippen molar-refractivity contribution < 1.29 is 4.79 Å². The number of hydrogen-bond acceptors (Lipinski definition) is 1. The second kappa shape index (κ2) is 5.89. The van der Waals surface area contributed by atoms with E-state index in [1.54, 1.807) is 0 Å². The average Bonchev–Trinajstić information content (AvgIpc) is 3.38. The second-order valence-corrected chi connectivity index (χ2v) is 6.70. The molecule has 2 aromatic carbocycles. The highest BCUT2D eigenvalue weighted by Crippen LogP contribution is 2.38. The molecule has 0 saturated heterocycles. The summed E-state index contributed by atoms with van der Waals surface area (Å²) in [5.74, 6) is 0. The highest BCUT2D eigenvalue weighted by molar-refractivity contribution is 6.31. The molecule has 0 aromatic heterocycles. The van der Waals surface area contributed by atoms with Gasteiger partial charge in [-0.25, -0.2) is 4.79 Å². The number of amides is 2. The van der Waals surface area contributed by atoms with Gasteiger partial charge < -0.3 is 10.2 Å². The number of urea groups is 1. The molecule has 0 spiro atoms. The van der Waals surface area contributed by atoms with Gasteiger partial charge in [-0.1, -0.05) is 54.1 Å². The zero-order valence-electron chi connectivity index (χ0n) is 12.8. The number of nitrogens with zero attached hydrogens (tertiary/aromatic N) is 1. The normalized spacial score (nSPS) is 20.0. The SMILES string of the molecule is O=C(NC1CC1)N1CCc2ccccc2C1c1ccccc1Cl. The molecule has 1 aliphatic carbocycles. The monoisotopic (exact) mass is 326 g/mol. The second-order valence-electron chi connectivity index (χ2n) is 6.29. The number of nitrogens with one attached hydrogen (secondary N) is 1. The highest BCUT2D eigenvalue weighted by Gasteiger charge is 2.35. The van der Waals surface area contributed by atoms with E-state index in [0.29, 0.717) is 17.6 Å². The molecule has 118 valence electrons. The number of rotatable bonds is 2. The van der Waals surface area contributed by atoms with Crippen molar-refractivity contribution in [3.05, 3.63) is 70.2 Å². The zero-order chi connectivity index (χ0) is 15.8. The van der Waals surface area contributed by atoms with E-state index < -0.39 is 0 Å². The third kappa shape index (κ3) is 2.81. The summed E-state index contributed by atoms with van der Waals surface area (Å²) >= 11 is 6.45. The molecule has 4 rings (SSSR count). The van der Waals surface area contributed by atoms with Crippen molar-refractivity contribution in [3.63, 3.8) is 0 Å². The quantitative estimate of drug-likeness (QED) is 0.883. The van der Waals surface area contributed by atoms with E-state index in [0.717, 1.165) is 24.8 Å².